The molecule has 0 heterocycles. The van der Waals surface area contributed by atoms with E-state index in [9.17, 15) is 14.7 Å². The number of carbonyl (C=O) groups excluding carboxylic acids is 2. The second kappa shape index (κ2) is 9.82. The number of ketones is 2. The predicted molar refractivity (Wildman–Crippen MR) is 108 cm³/mol. The number of benzene rings is 1. The van der Waals surface area contributed by atoms with E-state index >= 15 is 0 Å². The van der Waals surface area contributed by atoms with Crippen LogP contribution in [0.2, 0.25) is 0 Å². The Labute approximate surface area is 167 Å². The van der Waals surface area contributed by atoms with Gasteiger partial charge in [0.1, 0.15) is 17.5 Å². The Balaban J connectivity index is 2.31. The Kier molecular flexibility index (Phi) is 7.75. The highest BCUT2D eigenvalue weighted by Crippen LogP contribution is 2.35. The second-order valence-corrected chi connectivity index (χ2v) is 7.80. The lowest BCUT2D eigenvalue weighted by molar-refractivity contribution is -0.136. The lowest BCUT2D eigenvalue weighted by Gasteiger charge is -2.32. The van der Waals surface area contributed by atoms with E-state index in [1.165, 1.54) is 0 Å². The number of ether oxygens (including phenoxy) is 2. The fourth-order valence-corrected chi connectivity index (χ4v) is 3.62. The lowest BCUT2D eigenvalue weighted by atomic mass is 9.69. The van der Waals surface area contributed by atoms with Crippen molar-refractivity contribution in [1.29, 1.82) is 0 Å². The topological polar surface area (TPSA) is 85.2 Å². The van der Waals surface area contributed by atoms with Gasteiger partial charge in [-0.25, -0.2) is 0 Å². The average molecular weight is 389 g/mol. The van der Waals surface area contributed by atoms with Gasteiger partial charge in [-0.05, 0) is 37.0 Å². The predicted octanol–water partition coefficient (Wildman–Crippen LogP) is 3.03. The molecule has 1 N–H and O–H groups in total. The summed E-state index contributed by atoms with van der Waals surface area (Å²) in [6, 6.07) is 5.59. The maximum absolute atomic E-state index is 12.7. The van der Waals surface area contributed by atoms with Crippen LogP contribution in [-0.2, 0) is 16.0 Å². The molecule has 1 aromatic carbocycles. The van der Waals surface area contributed by atoms with Gasteiger partial charge in [0, 0.05) is 25.0 Å². The second-order valence-electron chi connectivity index (χ2n) is 7.80. The first kappa shape index (κ1) is 22.1. The zero-order chi connectivity index (χ0) is 20.7. The molecule has 0 bridgehead atoms. The van der Waals surface area contributed by atoms with E-state index in [1.807, 2.05) is 45.9 Å². The monoisotopic (exact) mass is 389 g/mol. The number of nitrogens with zero attached hydrogens (tertiary/aromatic N) is 1. The number of hydrogen-bond donors (Lipinski definition) is 1. The molecule has 0 spiro atoms. The Morgan fingerprint density at radius 3 is 2.29 bits per heavy atom. The van der Waals surface area contributed by atoms with E-state index in [0.717, 1.165) is 5.56 Å². The molecule has 1 aliphatic carbocycles. The highest BCUT2D eigenvalue weighted by Gasteiger charge is 2.41. The maximum atomic E-state index is 12.7. The van der Waals surface area contributed by atoms with Gasteiger partial charge < -0.3 is 14.6 Å². The van der Waals surface area contributed by atoms with Crippen molar-refractivity contribution in [2.24, 2.45) is 16.3 Å². The first-order valence-corrected chi connectivity index (χ1v) is 9.89. The minimum absolute atomic E-state index is 0.0890. The van der Waals surface area contributed by atoms with Crippen LogP contribution in [-0.4, -0.2) is 48.8 Å². The molecule has 1 fully saturated rings. The summed E-state index contributed by atoms with van der Waals surface area (Å²) < 4.78 is 11.3. The fraction of sp³-hybridized carbons (Fsp3) is 0.591. The molecule has 6 heteroatoms. The Bertz CT molecular complexity index is 718. The smallest absolute Gasteiger partial charge is 0.161 e. The van der Waals surface area contributed by atoms with Crippen LogP contribution in [0.15, 0.2) is 23.2 Å². The molecule has 0 radical (unpaired) electrons. The largest absolute Gasteiger partial charge is 0.490 e. The van der Waals surface area contributed by atoms with Crippen molar-refractivity contribution in [2.75, 3.05) is 26.4 Å². The molecule has 1 saturated carbocycles. The molecule has 1 aliphatic rings. The molecule has 0 atom stereocenters. The molecule has 28 heavy (non-hydrogen) atoms. The molecule has 0 unspecified atom stereocenters. The van der Waals surface area contributed by atoms with Crippen LogP contribution in [0.5, 0.6) is 11.5 Å². The third-order valence-electron chi connectivity index (χ3n) is 4.69. The maximum Gasteiger partial charge on any atom is 0.161 e. The highest BCUT2D eigenvalue weighted by atomic mass is 16.5. The number of Topliss-reactive ketones (excluding diaryl/α,β-unsaturated/α-hetero) is 2. The van der Waals surface area contributed by atoms with E-state index in [1.54, 1.807) is 0 Å². The van der Waals surface area contributed by atoms with E-state index < -0.39 is 5.92 Å². The summed E-state index contributed by atoms with van der Waals surface area (Å²) in [5.41, 5.74) is 1.09. The number of rotatable bonds is 9. The molecule has 154 valence electrons. The third-order valence-corrected chi connectivity index (χ3v) is 4.69. The normalized spacial score (nSPS) is 17.7. The summed E-state index contributed by atoms with van der Waals surface area (Å²) in [4.78, 5) is 29.8. The first-order chi connectivity index (χ1) is 13.3. The molecule has 0 saturated heterocycles. The SMILES string of the molecule is CCOc1ccc(CC(=NCCO)C2C(=O)CC(C)(C)CC2=O)cc1OCC. The van der Waals surface area contributed by atoms with Crippen molar-refractivity contribution in [3.8, 4) is 11.5 Å². The summed E-state index contributed by atoms with van der Waals surface area (Å²) in [5.74, 6) is 0.295. The average Bonchev–Trinajstić information content (AvgIpc) is 2.60. The van der Waals surface area contributed by atoms with E-state index in [0.29, 0.717) is 49.7 Å². The van der Waals surface area contributed by atoms with Crippen molar-refractivity contribution in [3.63, 3.8) is 0 Å². The Morgan fingerprint density at radius 1 is 1.11 bits per heavy atom. The molecule has 0 aliphatic heterocycles. The van der Waals surface area contributed by atoms with Crippen LogP contribution < -0.4 is 9.47 Å². The van der Waals surface area contributed by atoms with Crippen LogP contribution >= 0.6 is 0 Å². The van der Waals surface area contributed by atoms with Gasteiger partial charge in [-0.1, -0.05) is 19.9 Å². The van der Waals surface area contributed by atoms with Crippen LogP contribution in [0.1, 0.15) is 46.1 Å². The molecule has 1 aromatic rings. The summed E-state index contributed by atoms with van der Waals surface area (Å²) in [7, 11) is 0. The Morgan fingerprint density at radius 2 is 1.71 bits per heavy atom. The van der Waals surface area contributed by atoms with Gasteiger partial charge in [-0.15, -0.1) is 0 Å². The van der Waals surface area contributed by atoms with E-state index in [4.69, 9.17) is 9.47 Å². The van der Waals surface area contributed by atoms with Gasteiger partial charge in [0.25, 0.3) is 0 Å². The van der Waals surface area contributed by atoms with Crippen molar-refractivity contribution in [2.45, 2.75) is 47.0 Å². The van der Waals surface area contributed by atoms with Gasteiger partial charge in [-0.2, -0.15) is 0 Å². The standard InChI is InChI=1S/C22H31NO5/c1-5-27-19-8-7-15(12-20(19)28-6-2)11-16(23-9-10-24)21-17(25)13-22(3,4)14-18(21)26/h7-8,12,21,24H,5-6,9-11,13-14H2,1-4H3. The zero-order valence-electron chi connectivity index (χ0n) is 17.3. The van der Waals surface area contributed by atoms with Crippen LogP contribution in [0.25, 0.3) is 0 Å². The number of aliphatic imine (C=N–C) groups is 1. The first-order valence-electron chi connectivity index (χ1n) is 9.89. The Hall–Kier alpha value is -2.21. The number of carbonyl (C=O) groups is 2. The minimum atomic E-state index is -0.818. The molecule has 2 rings (SSSR count). The van der Waals surface area contributed by atoms with Crippen molar-refractivity contribution < 1.29 is 24.2 Å². The third kappa shape index (κ3) is 5.64. The fourth-order valence-electron chi connectivity index (χ4n) is 3.62. The van der Waals surface area contributed by atoms with Crippen LogP contribution in [0, 0.1) is 11.3 Å². The summed E-state index contributed by atoms with van der Waals surface area (Å²) >= 11 is 0. The zero-order valence-corrected chi connectivity index (χ0v) is 17.3. The molecular weight excluding hydrogens is 358 g/mol. The van der Waals surface area contributed by atoms with Crippen LogP contribution in [0.4, 0.5) is 0 Å². The summed E-state index contributed by atoms with van der Waals surface area (Å²) in [6.45, 7) is 8.76. The summed E-state index contributed by atoms with van der Waals surface area (Å²) in [5, 5.41) is 9.19. The van der Waals surface area contributed by atoms with Crippen molar-refractivity contribution in [3.05, 3.63) is 23.8 Å². The van der Waals surface area contributed by atoms with Crippen molar-refractivity contribution in [1.82, 2.24) is 0 Å². The van der Waals surface area contributed by atoms with Crippen molar-refractivity contribution >= 4 is 17.3 Å². The summed E-state index contributed by atoms with van der Waals surface area (Å²) in [6.07, 6.45) is 1.07. The molecular formula is C22H31NO5. The van der Waals surface area contributed by atoms with Crippen LogP contribution in [0.3, 0.4) is 0 Å². The lowest BCUT2D eigenvalue weighted by Crippen LogP contribution is -2.42. The van der Waals surface area contributed by atoms with Gasteiger partial charge in [0.15, 0.2) is 11.5 Å². The molecule has 0 amide bonds. The number of aliphatic hydroxyl groups is 1. The molecule has 0 aromatic heterocycles. The molecule has 6 nitrogen and oxygen atoms in total. The quantitative estimate of drug-likeness (QED) is 0.518. The van der Waals surface area contributed by atoms with E-state index in [-0.39, 0.29) is 30.1 Å². The minimum Gasteiger partial charge on any atom is -0.490 e. The highest BCUT2D eigenvalue weighted by molar-refractivity contribution is 6.22. The number of hydrogen-bond acceptors (Lipinski definition) is 6. The van der Waals surface area contributed by atoms with Gasteiger partial charge in [-0.3, -0.25) is 14.6 Å². The van der Waals surface area contributed by atoms with E-state index in [2.05, 4.69) is 4.99 Å². The number of aliphatic hydroxyl groups excluding tert-OH is 1. The van der Waals surface area contributed by atoms with Gasteiger partial charge in [0.2, 0.25) is 0 Å². The van der Waals surface area contributed by atoms with Gasteiger partial charge in [0.05, 0.1) is 26.4 Å². The van der Waals surface area contributed by atoms with Gasteiger partial charge >= 0.3 is 0 Å².